The molecule has 4 aromatic heterocycles. The van der Waals surface area contributed by atoms with Gasteiger partial charge in [-0.3, -0.25) is 44.1 Å². The van der Waals surface area contributed by atoms with Gasteiger partial charge >= 0.3 is 0 Å². The van der Waals surface area contributed by atoms with Crippen LogP contribution in [0, 0.1) is 25.5 Å². The molecule has 5 heterocycles. The van der Waals surface area contributed by atoms with Gasteiger partial charge in [0.1, 0.15) is 11.3 Å². The molecular weight excluding hydrogens is 853 g/mol. The van der Waals surface area contributed by atoms with Crippen LogP contribution in [0.25, 0.3) is 22.1 Å². The molecule has 7 rings (SSSR count). The van der Waals surface area contributed by atoms with E-state index < -0.39 is 35.3 Å². The second-order valence-corrected chi connectivity index (χ2v) is 15.7. The minimum atomic E-state index is -0.801. The molecule has 4 amide bonds. The van der Waals surface area contributed by atoms with Crippen molar-refractivity contribution in [3.63, 3.8) is 0 Å². The van der Waals surface area contributed by atoms with Crippen LogP contribution in [-0.4, -0.2) is 113 Å². The number of hydrogen-bond acceptors (Lipinski definition) is 12. The van der Waals surface area contributed by atoms with Crippen LogP contribution in [0.5, 0.6) is 5.75 Å². The summed E-state index contributed by atoms with van der Waals surface area (Å²) >= 11 is 1.33. The Labute approximate surface area is 370 Å². The molecule has 22 heteroatoms. The summed E-state index contributed by atoms with van der Waals surface area (Å²) in [5, 5.41) is 13.8. The van der Waals surface area contributed by atoms with Gasteiger partial charge in [-0.05, 0) is 64.6 Å². The number of morpholine rings is 1. The molecule has 0 aliphatic carbocycles. The van der Waals surface area contributed by atoms with Gasteiger partial charge in [-0.2, -0.15) is 10.2 Å². The summed E-state index contributed by atoms with van der Waals surface area (Å²) in [5.41, 5.74) is 12.9. The number of primary amides is 2. The molecule has 64 heavy (non-hydrogen) atoms. The Bertz CT molecular complexity index is 2800. The fourth-order valence-corrected chi connectivity index (χ4v) is 8.20. The Hall–Kier alpha value is -6.65. The van der Waals surface area contributed by atoms with Crippen LogP contribution in [0.15, 0.2) is 41.3 Å². The lowest BCUT2D eigenvalue weighted by atomic mass is 10.1. The molecule has 0 unspecified atom stereocenters. The third-order valence-electron chi connectivity index (χ3n) is 10.7. The van der Waals surface area contributed by atoms with E-state index in [2.05, 4.69) is 35.7 Å². The molecule has 2 aromatic carbocycles. The fourth-order valence-electron chi connectivity index (χ4n) is 7.54. The SMILES string of the molecule is CCn1nc(C)c(F)c1C(=O)Nc1nc2cc(C(N)=O)cc(OCCCN3CCOCC3)c2n1C/C=C/Cn1c(NC(=O)c2c(F)c(C)nn2CC)nc2cc(C(N)=O)cc(SC)c21. The average molecular weight is 902 g/mol. The first-order chi connectivity index (χ1) is 30.7. The molecule has 6 aromatic rings. The van der Waals surface area contributed by atoms with Gasteiger partial charge < -0.3 is 30.1 Å². The lowest BCUT2D eigenvalue weighted by Crippen LogP contribution is -2.37. The van der Waals surface area contributed by atoms with Crippen molar-refractivity contribution in [2.24, 2.45) is 11.5 Å². The normalized spacial score (nSPS) is 13.4. The number of anilines is 2. The van der Waals surface area contributed by atoms with Crippen molar-refractivity contribution >= 4 is 69.4 Å². The van der Waals surface area contributed by atoms with Crippen molar-refractivity contribution in [2.45, 2.75) is 65.2 Å². The maximum Gasteiger partial charge on any atom is 0.279 e. The molecule has 0 bridgehead atoms. The summed E-state index contributed by atoms with van der Waals surface area (Å²) in [7, 11) is 0. The Kier molecular flexibility index (Phi) is 13.7. The number of thioether (sulfide) groups is 1. The molecule has 6 N–H and O–H groups in total. The molecule has 0 atom stereocenters. The van der Waals surface area contributed by atoms with E-state index in [1.54, 1.807) is 41.2 Å². The third-order valence-corrected chi connectivity index (χ3v) is 11.5. The summed E-state index contributed by atoms with van der Waals surface area (Å²) in [5.74, 6) is -4.16. The fraction of sp³-hybridized carbons (Fsp3) is 0.381. The van der Waals surface area contributed by atoms with Crippen molar-refractivity contribution < 1.29 is 37.4 Å². The molecule has 1 aliphatic rings. The van der Waals surface area contributed by atoms with E-state index in [4.69, 9.17) is 20.9 Å². The maximum atomic E-state index is 15.3. The average Bonchev–Trinajstić information content (AvgIpc) is 3.99. The smallest absolute Gasteiger partial charge is 0.279 e. The predicted octanol–water partition coefficient (Wildman–Crippen LogP) is 4.50. The van der Waals surface area contributed by atoms with Crippen molar-refractivity contribution in [3.8, 4) is 5.75 Å². The van der Waals surface area contributed by atoms with Gasteiger partial charge in [0.05, 0.1) is 47.8 Å². The van der Waals surface area contributed by atoms with E-state index in [9.17, 15) is 19.2 Å². The monoisotopic (exact) mass is 901 g/mol. The number of carbonyl (C=O) groups is 4. The highest BCUT2D eigenvalue weighted by Gasteiger charge is 2.27. The molecule has 1 aliphatic heterocycles. The number of benzene rings is 2. The second-order valence-electron chi connectivity index (χ2n) is 14.9. The van der Waals surface area contributed by atoms with E-state index in [0.29, 0.717) is 41.1 Å². The number of allylic oxidation sites excluding steroid dienone is 2. The van der Waals surface area contributed by atoms with Crippen LogP contribution in [0.1, 0.15) is 73.3 Å². The zero-order chi connectivity index (χ0) is 45.8. The number of rotatable bonds is 18. The Morgan fingerprint density at radius 2 is 1.30 bits per heavy atom. The van der Waals surface area contributed by atoms with Crippen molar-refractivity contribution in [2.75, 3.05) is 56.3 Å². The number of nitrogens with zero attached hydrogens (tertiary/aromatic N) is 9. The number of ether oxygens (including phenoxy) is 2. The number of nitrogens with two attached hydrogens (primary N) is 2. The number of amides is 4. The number of imidazole rings is 2. The summed E-state index contributed by atoms with van der Waals surface area (Å²) in [6.45, 7) is 10.9. The second kappa shape index (κ2) is 19.4. The van der Waals surface area contributed by atoms with Gasteiger partial charge in [-0.15, -0.1) is 11.8 Å². The van der Waals surface area contributed by atoms with Gasteiger partial charge in [0.2, 0.25) is 23.7 Å². The summed E-state index contributed by atoms with van der Waals surface area (Å²) in [6, 6.07) is 6.15. The van der Waals surface area contributed by atoms with E-state index >= 15 is 8.78 Å². The molecule has 19 nitrogen and oxygen atoms in total. The van der Waals surface area contributed by atoms with Crippen LogP contribution < -0.4 is 26.8 Å². The lowest BCUT2D eigenvalue weighted by molar-refractivity contribution is 0.0358. The van der Waals surface area contributed by atoms with Crippen LogP contribution in [0.3, 0.4) is 0 Å². The van der Waals surface area contributed by atoms with Crippen LogP contribution in [0.4, 0.5) is 20.7 Å². The third kappa shape index (κ3) is 9.19. The standard InChI is InChI=1S/C42H49F2N13O6S/c1-6-56-35(31(43)23(3)51-56)39(60)49-41-47-27-19-25(37(45)58)21-29(63-16-10-11-53-14-17-62-18-15-53)33(27)54(41)12-8-9-13-55-34-28(20-26(38(46)59)22-30(34)64-5)48-42(55)50-40(61)36-32(44)24(4)52-57(36)7-2/h8-9,19-22H,6-7,10-18H2,1-5H3,(H2,45,58)(H2,46,59)(H,47,49,60)(H,48,50,61)/b9-8+. The summed E-state index contributed by atoms with van der Waals surface area (Å²) < 4.78 is 48.2. The van der Waals surface area contributed by atoms with Gasteiger partial charge in [0.25, 0.3) is 11.8 Å². The van der Waals surface area contributed by atoms with Gasteiger partial charge in [0, 0.05) is 61.8 Å². The Morgan fingerprint density at radius 1 is 0.797 bits per heavy atom. The summed E-state index contributed by atoms with van der Waals surface area (Å²) in [4.78, 5) is 64.5. The number of hydrogen-bond donors (Lipinski definition) is 4. The zero-order valence-corrected chi connectivity index (χ0v) is 36.9. The molecular formula is C42H49F2N13O6S. The maximum absolute atomic E-state index is 15.3. The van der Waals surface area contributed by atoms with Gasteiger partial charge in [0.15, 0.2) is 23.0 Å². The highest BCUT2D eigenvalue weighted by atomic mass is 32.2. The van der Waals surface area contributed by atoms with Gasteiger partial charge in [-0.25, -0.2) is 18.7 Å². The first-order valence-electron chi connectivity index (χ1n) is 20.6. The number of fused-ring (bicyclic) bond motifs is 2. The van der Waals surface area contributed by atoms with E-state index in [-0.39, 0.29) is 89.9 Å². The molecule has 1 fully saturated rings. The number of nitrogens with one attached hydrogen (secondary N) is 2. The minimum Gasteiger partial charge on any atom is -0.491 e. The highest BCUT2D eigenvalue weighted by molar-refractivity contribution is 7.98. The zero-order valence-electron chi connectivity index (χ0n) is 36.0. The number of aromatic nitrogens is 8. The van der Waals surface area contributed by atoms with E-state index in [0.717, 1.165) is 19.6 Å². The largest absolute Gasteiger partial charge is 0.491 e. The number of halogens is 2. The van der Waals surface area contributed by atoms with Crippen LogP contribution in [0.2, 0.25) is 0 Å². The number of aryl methyl sites for hydroxylation is 4. The minimum absolute atomic E-state index is 0.0138. The molecule has 1 saturated heterocycles. The van der Waals surface area contributed by atoms with E-state index in [1.165, 1.54) is 53.2 Å². The number of carbonyl (C=O) groups excluding carboxylic acids is 4. The first kappa shape index (κ1) is 45.4. The molecule has 0 saturated carbocycles. The van der Waals surface area contributed by atoms with E-state index in [1.807, 2.05) is 6.26 Å². The van der Waals surface area contributed by atoms with Crippen molar-refractivity contribution in [1.29, 1.82) is 0 Å². The van der Waals surface area contributed by atoms with Crippen molar-refractivity contribution in [3.05, 3.63) is 82.0 Å². The Morgan fingerprint density at radius 3 is 1.80 bits per heavy atom. The van der Waals surface area contributed by atoms with Crippen LogP contribution >= 0.6 is 11.8 Å². The molecule has 0 spiro atoms. The quantitative estimate of drug-likeness (QED) is 0.0530. The molecule has 0 radical (unpaired) electrons. The van der Waals surface area contributed by atoms with Crippen LogP contribution in [-0.2, 0) is 30.9 Å². The van der Waals surface area contributed by atoms with Gasteiger partial charge in [-0.1, -0.05) is 12.2 Å². The Balaban J connectivity index is 1.27. The first-order valence-corrected chi connectivity index (χ1v) is 21.8. The van der Waals surface area contributed by atoms with Crippen molar-refractivity contribution in [1.82, 2.24) is 43.6 Å². The predicted molar refractivity (Wildman–Crippen MR) is 236 cm³/mol. The topological polar surface area (TPSA) is 237 Å². The molecule has 338 valence electrons. The lowest BCUT2D eigenvalue weighted by Gasteiger charge is -2.26. The summed E-state index contributed by atoms with van der Waals surface area (Å²) in [6.07, 6.45) is 6.02. The highest BCUT2D eigenvalue weighted by Crippen LogP contribution is 2.33.